The van der Waals surface area contributed by atoms with Crippen molar-refractivity contribution in [3.8, 4) is 0 Å². The maximum atomic E-state index is 12.9. The van der Waals surface area contributed by atoms with Crippen LogP contribution in [0, 0.1) is 12.8 Å². The van der Waals surface area contributed by atoms with Crippen molar-refractivity contribution in [1.82, 2.24) is 10.2 Å². The van der Waals surface area contributed by atoms with Gasteiger partial charge in [0.25, 0.3) is 5.91 Å². The summed E-state index contributed by atoms with van der Waals surface area (Å²) in [5.41, 5.74) is 1.55. The third-order valence-electron chi connectivity index (χ3n) is 4.72. The van der Waals surface area contributed by atoms with Crippen LogP contribution < -0.4 is 5.32 Å². The molecule has 1 aromatic heterocycles. The summed E-state index contributed by atoms with van der Waals surface area (Å²) >= 11 is 3.45. The van der Waals surface area contributed by atoms with Gasteiger partial charge in [0, 0.05) is 35.1 Å². The second-order valence-electron chi connectivity index (χ2n) is 6.58. The SMILES string of the molecule is CCCNC(=O)C1CCCN(C(=O)c2oc3ccc(Br)cc3c2C)C1. The summed E-state index contributed by atoms with van der Waals surface area (Å²) in [5.74, 6) is 0.160. The van der Waals surface area contributed by atoms with E-state index in [0.717, 1.165) is 34.7 Å². The van der Waals surface area contributed by atoms with Gasteiger partial charge < -0.3 is 14.6 Å². The Hall–Kier alpha value is -1.82. The minimum absolute atomic E-state index is 0.0459. The standard InChI is InChI=1S/C19H23BrN2O3/c1-3-8-21-18(23)13-5-4-9-22(11-13)19(24)17-12(2)15-10-14(20)6-7-16(15)25-17/h6-7,10,13H,3-5,8-9,11H2,1-2H3,(H,21,23). The molecule has 25 heavy (non-hydrogen) atoms. The predicted molar refractivity (Wildman–Crippen MR) is 101 cm³/mol. The van der Waals surface area contributed by atoms with Crippen molar-refractivity contribution in [2.24, 2.45) is 5.92 Å². The summed E-state index contributed by atoms with van der Waals surface area (Å²) in [6.07, 6.45) is 2.57. The molecule has 1 unspecified atom stereocenters. The molecule has 2 aromatic rings. The third kappa shape index (κ3) is 3.73. The fourth-order valence-electron chi connectivity index (χ4n) is 3.31. The number of aryl methyl sites for hydroxylation is 1. The van der Waals surface area contributed by atoms with E-state index in [-0.39, 0.29) is 17.7 Å². The summed E-state index contributed by atoms with van der Waals surface area (Å²) < 4.78 is 6.77. The van der Waals surface area contributed by atoms with Gasteiger partial charge in [-0.25, -0.2) is 0 Å². The zero-order chi connectivity index (χ0) is 18.0. The van der Waals surface area contributed by atoms with Crippen LogP contribution in [0.15, 0.2) is 27.1 Å². The lowest BCUT2D eigenvalue weighted by Crippen LogP contribution is -2.45. The van der Waals surface area contributed by atoms with Gasteiger partial charge in [-0.1, -0.05) is 22.9 Å². The summed E-state index contributed by atoms with van der Waals surface area (Å²) in [4.78, 5) is 26.9. The van der Waals surface area contributed by atoms with Crippen molar-refractivity contribution in [3.05, 3.63) is 34.0 Å². The van der Waals surface area contributed by atoms with Crippen molar-refractivity contribution in [2.45, 2.75) is 33.1 Å². The number of hydrogen-bond donors (Lipinski definition) is 1. The highest BCUT2D eigenvalue weighted by atomic mass is 79.9. The number of hydrogen-bond acceptors (Lipinski definition) is 3. The highest BCUT2D eigenvalue weighted by molar-refractivity contribution is 9.10. The van der Waals surface area contributed by atoms with E-state index in [0.29, 0.717) is 31.0 Å². The summed E-state index contributed by atoms with van der Waals surface area (Å²) in [6, 6.07) is 5.72. The molecular formula is C19H23BrN2O3. The smallest absolute Gasteiger partial charge is 0.289 e. The molecule has 0 bridgehead atoms. The van der Waals surface area contributed by atoms with Gasteiger partial charge in [-0.15, -0.1) is 0 Å². The Kier molecular flexibility index (Phi) is 5.47. The first kappa shape index (κ1) is 18.0. The van der Waals surface area contributed by atoms with Crippen LogP contribution in [0.3, 0.4) is 0 Å². The second kappa shape index (κ2) is 7.60. The van der Waals surface area contributed by atoms with Gasteiger partial charge in [0.2, 0.25) is 5.91 Å². The number of piperidine rings is 1. The number of nitrogens with one attached hydrogen (secondary N) is 1. The van der Waals surface area contributed by atoms with Crippen LogP contribution in [-0.4, -0.2) is 36.3 Å². The number of amides is 2. The molecule has 1 aromatic carbocycles. The van der Waals surface area contributed by atoms with Gasteiger partial charge in [-0.05, 0) is 44.4 Å². The van der Waals surface area contributed by atoms with E-state index in [4.69, 9.17) is 4.42 Å². The summed E-state index contributed by atoms with van der Waals surface area (Å²) in [5, 5.41) is 3.87. The highest BCUT2D eigenvalue weighted by Crippen LogP contribution is 2.29. The zero-order valence-electron chi connectivity index (χ0n) is 14.6. The predicted octanol–water partition coefficient (Wildman–Crippen LogP) is 3.88. The lowest BCUT2D eigenvalue weighted by atomic mass is 9.96. The van der Waals surface area contributed by atoms with Gasteiger partial charge >= 0.3 is 0 Å². The normalized spacial score (nSPS) is 17.7. The Morgan fingerprint density at radius 2 is 2.20 bits per heavy atom. The molecule has 6 heteroatoms. The third-order valence-corrected chi connectivity index (χ3v) is 5.21. The van der Waals surface area contributed by atoms with Crippen LogP contribution in [0.2, 0.25) is 0 Å². The first-order valence-corrected chi connectivity index (χ1v) is 9.56. The van der Waals surface area contributed by atoms with Crippen LogP contribution in [0.1, 0.15) is 42.3 Å². The van der Waals surface area contributed by atoms with E-state index in [9.17, 15) is 9.59 Å². The van der Waals surface area contributed by atoms with Crippen LogP contribution in [0.4, 0.5) is 0 Å². The van der Waals surface area contributed by atoms with Crippen molar-refractivity contribution >= 4 is 38.7 Å². The van der Waals surface area contributed by atoms with Gasteiger partial charge in [0.1, 0.15) is 5.58 Å². The van der Waals surface area contributed by atoms with E-state index in [1.54, 1.807) is 4.90 Å². The monoisotopic (exact) mass is 406 g/mol. The van der Waals surface area contributed by atoms with Crippen molar-refractivity contribution in [1.29, 1.82) is 0 Å². The molecule has 3 rings (SSSR count). The number of carbonyl (C=O) groups is 2. The molecule has 1 aliphatic heterocycles. The van der Waals surface area contributed by atoms with Gasteiger partial charge in [-0.3, -0.25) is 9.59 Å². The van der Waals surface area contributed by atoms with Gasteiger partial charge in [0.15, 0.2) is 5.76 Å². The first-order chi connectivity index (χ1) is 12.0. The molecule has 1 aliphatic rings. The van der Waals surface area contributed by atoms with E-state index >= 15 is 0 Å². The van der Waals surface area contributed by atoms with Crippen molar-refractivity contribution < 1.29 is 14.0 Å². The molecule has 134 valence electrons. The Morgan fingerprint density at radius 1 is 1.40 bits per heavy atom. The summed E-state index contributed by atoms with van der Waals surface area (Å²) in [7, 11) is 0. The lowest BCUT2D eigenvalue weighted by Gasteiger charge is -2.31. The molecule has 5 nitrogen and oxygen atoms in total. The number of halogens is 1. The molecule has 0 spiro atoms. The highest BCUT2D eigenvalue weighted by Gasteiger charge is 2.31. The van der Waals surface area contributed by atoms with E-state index in [1.807, 2.05) is 32.0 Å². The number of nitrogens with zero attached hydrogens (tertiary/aromatic N) is 1. The summed E-state index contributed by atoms with van der Waals surface area (Å²) in [6.45, 7) is 5.73. The Bertz CT molecular complexity index is 799. The quantitative estimate of drug-likeness (QED) is 0.837. The second-order valence-corrected chi connectivity index (χ2v) is 7.49. The maximum Gasteiger partial charge on any atom is 0.289 e. The topological polar surface area (TPSA) is 62.6 Å². The molecule has 0 radical (unpaired) electrons. The fraction of sp³-hybridized carbons (Fsp3) is 0.474. The van der Waals surface area contributed by atoms with Crippen LogP contribution >= 0.6 is 15.9 Å². The lowest BCUT2D eigenvalue weighted by molar-refractivity contribution is -0.126. The van der Waals surface area contributed by atoms with E-state index in [1.165, 1.54) is 0 Å². The number of likely N-dealkylation sites (tertiary alicyclic amines) is 1. The molecule has 1 saturated heterocycles. The Balaban J connectivity index is 1.78. The fourth-order valence-corrected chi connectivity index (χ4v) is 3.67. The van der Waals surface area contributed by atoms with Crippen molar-refractivity contribution in [3.63, 3.8) is 0 Å². The molecule has 2 amide bonds. The maximum absolute atomic E-state index is 12.9. The van der Waals surface area contributed by atoms with Crippen molar-refractivity contribution in [2.75, 3.05) is 19.6 Å². The van der Waals surface area contributed by atoms with Gasteiger partial charge in [-0.2, -0.15) is 0 Å². The van der Waals surface area contributed by atoms with E-state index < -0.39 is 0 Å². The molecule has 0 aliphatic carbocycles. The average molecular weight is 407 g/mol. The minimum atomic E-state index is -0.136. The number of benzene rings is 1. The van der Waals surface area contributed by atoms with Crippen LogP contribution in [0.5, 0.6) is 0 Å². The minimum Gasteiger partial charge on any atom is -0.451 e. The number of fused-ring (bicyclic) bond motifs is 1. The molecule has 2 heterocycles. The average Bonchev–Trinajstić information content (AvgIpc) is 2.95. The molecule has 1 fully saturated rings. The number of rotatable bonds is 4. The molecular weight excluding hydrogens is 384 g/mol. The van der Waals surface area contributed by atoms with Gasteiger partial charge in [0.05, 0.1) is 5.92 Å². The first-order valence-electron chi connectivity index (χ1n) is 8.77. The Labute approximate surface area is 155 Å². The Morgan fingerprint density at radius 3 is 2.96 bits per heavy atom. The molecule has 1 N–H and O–H groups in total. The van der Waals surface area contributed by atoms with Crippen LogP contribution in [-0.2, 0) is 4.79 Å². The van der Waals surface area contributed by atoms with E-state index in [2.05, 4.69) is 21.2 Å². The molecule has 1 atom stereocenters. The number of furan rings is 1. The van der Waals surface area contributed by atoms with Crippen LogP contribution in [0.25, 0.3) is 11.0 Å². The number of carbonyl (C=O) groups excluding carboxylic acids is 2. The molecule has 0 saturated carbocycles. The largest absolute Gasteiger partial charge is 0.451 e. The zero-order valence-corrected chi connectivity index (χ0v) is 16.2.